The number of pyridine rings is 1. The number of halogens is 3. The van der Waals surface area contributed by atoms with E-state index in [-0.39, 0.29) is 6.04 Å². The van der Waals surface area contributed by atoms with E-state index < -0.39 is 29.8 Å². The highest BCUT2D eigenvalue weighted by atomic mass is 19.4. The molecule has 1 N–H and O–H groups in total. The van der Waals surface area contributed by atoms with Crippen molar-refractivity contribution < 1.29 is 18.0 Å². The van der Waals surface area contributed by atoms with Crippen molar-refractivity contribution in [2.45, 2.75) is 58.8 Å². The van der Waals surface area contributed by atoms with Gasteiger partial charge in [-0.3, -0.25) is 9.59 Å². The molecule has 1 rings (SSSR count). The largest absolute Gasteiger partial charge is 0.421 e. The minimum absolute atomic E-state index is 0.0808. The summed E-state index contributed by atoms with van der Waals surface area (Å²) in [4.78, 5) is 23.6. The summed E-state index contributed by atoms with van der Waals surface area (Å²) in [7, 11) is 0. The summed E-state index contributed by atoms with van der Waals surface area (Å²) < 4.78 is 38.8. The van der Waals surface area contributed by atoms with Crippen LogP contribution in [0.25, 0.3) is 0 Å². The Morgan fingerprint density at radius 2 is 1.91 bits per heavy atom. The molecule has 0 saturated heterocycles. The smallest absolute Gasteiger partial charge is 0.352 e. The van der Waals surface area contributed by atoms with Gasteiger partial charge in [0.1, 0.15) is 12.1 Å². The Morgan fingerprint density at radius 3 is 2.48 bits per heavy atom. The van der Waals surface area contributed by atoms with Crippen molar-refractivity contribution in [1.29, 1.82) is 0 Å². The molecule has 0 bridgehead atoms. The first kappa shape index (κ1) is 19.3. The van der Waals surface area contributed by atoms with E-state index in [1.54, 1.807) is 0 Å². The predicted molar refractivity (Wildman–Crippen MR) is 82.0 cm³/mol. The molecule has 0 aromatic carbocycles. The number of carbonyl (C=O) groups excluding carboxylic acids is 1. The molecule has 1 amide bonds. The van der Waals surface area contributed by atoms with Gasteiger partial charge in [-0.1, -0.05) is 26.7 Å². The lowest BCUT2D eigenvalue weighted by atomic mass is 10.0. The Kier molecular flexibility index (Phi) is 6.84. The Bertz CT molecular complexity index is 579. The van der Waals surface area contributed by atoms with Crippen LogP contribution in [0.3, 0.4) is 0 Å². The third kappa shape index (κ3) is 6.46. The Hall–Kier alpha value is -1.79. The van der Waals surface area contributed by atoms with E-state index >= 15 is 0 Å². The summed E-state index contributed by atoms with van der Waals surface area (Å²) in [5.41, 5.74) is -2.47. The normalized spacial score (nSPS) is 13.2. The van der Waals surface area contributed by atoms with E-state index in [0.29, 0.717) is 12.0 Å². The molecular weight excluding hydrogens is 309 g/mol. The summed E-state index contributed by atoms with van der Waals surface area (Å²) in [6.07, 6.45) is -0.737. The van der Waals surface area contributed by atoms with E-state index in [1.165, 1.54) is 6.20 Å². The molecule has 1 aromatic heterocycles. The Balaban J connectivity index is 2.63. The number of nitrogens with one attached hydrogen (secondary N) is 1. The monoisotopic (exact) mass is 332 g/mol. The van der Waals surface area contributed by atoms with Gasteiger partial charge in [0.2, 0.25) is 5.91 Å². The summed E-state index contributed by atoms with van der Waals surface area (Å²) >= 11 is 0. The highest BCUT2D eigenvalue weighted by Crippen LogP contribution is 2.25. The fourth-order valence-electron chi connectivity index (χ4n) is 2.26. The van der Waals surface area contributed by atoms with Crippen LogP contribution in [0.2, 0.25) is 0 Å². The molecule has 0 radical (unpaired) electrons. The molecule has 0 aliphatic rings. The van der Waals surface area contributed by atoms with Crippen LogP contribution < -0.4 is 10.9 Å². The minimum Gasteiger partial charge on any atom is -0.352 e. The molecule has 7 heteroatoms. The van der Waals surface area contributed by atoms with Crippen LogP contribution in [0.15, 0.2) is 23.1 Å². The number of nitrogens with zero attached hydrogens (tertiary/aromatic N) is 1. The van der Waals surface area contributed by atoms with E-state index in [0.717, 1.165) is 29.9 Å². The maximum atomic E-state index is 12.7. The molecule has 1 aromatic rings. The number of hydrogen-bond donors (Lipinski definition) is 1. The zero-order chi connectivity index (χ0) is 17.6. The lowest BCUT2D eigenvalue weighted by molar-refractivity contribution is -0.139. The second-order valence-corrected chi connectivity index (χ2v) is 6.15. The highest BCUT2D eigenvalue weighted by molar-refractivity contribution is 5.76. The average molecular weight is 332 g/mol. The molecular formula is C16H23F3N2O2. The molecule has 1 atom stereocenters. The van der Waals surface area contributed by atoms with Crippen LogP contribution >= 0.6 is 0 Å². The van der Waals surface area contributed by atoms with Gasteiger partial charge in [0.05, 0.1) is 0 Å². The summed E-state index contributed by atoms with van der Waals surface area (Å²) in [6, 6.07) is 1.75. The first-order valence-corrected chi connectivity index (χ1v) is 7.67. The number of alkyl halides is 3. The lowest BCUT2D eigenvalue weighted by Crippen LogP contribution is -2.38. The summed E-state index contributed by atoms with van der Waals surface area (Å²) in [5.74, 6) is 0.116. The quantitative estimate of drug-likeness (QED) is 0.834. The maximum Gasteiger partial charge on any atom is 0.421 e. The molecule has 4 nitrogen and oxygen atoms in total. The number of amides is 1. The predicted octanol–water partition coefficient (Wildman–Crippen LogP) is 3.20. The molecule has 0 spiro atoms. The molecule has 0 saturated carbocycles. The van der Waals surface area contributed by atoms with Crippen molar-refractivity contribution in [1.82, 2.24) is 9.88 Å². The van der Waals surface area contributed by atoms with E-state index in [1.807, 2.05) is 6.92 Å². The van der Waals surface area contributed by atoms with Gasteiger partial charge >= 0.3 is 6.18 Å². The first-order valence-electron chi connectivity index (χ1n) is 7.67. The number of aromatic nitrogens is 1. The van der Waals surface area contributed by atoms with Crippen LogP contribution in [-0.2, 0) is 17.5 Å². The third-order valence-electron chi connectivity index (χ3n) is 3.47. The Morgan fingerprint density at radius 1 is 1.26 bits per heavy atom. The summed E-state index contributed by atoms with van der Waals surface area (Å²) in [6.45, 7) is 5.65. The standard InChI is InChI=1S/C16H23F3N2O2/c1-11(2)6-4-7-12(3)20-14(22)10-21-9-5-8-13(15(21)23)16(17,18)19/h5,8-9,11-12H,4,6-7,10H2,1-3H3,(H,20,22)/t12-/m1/s1. The van der Waals surface area contributed by atoms with Crippen molar-refractivity contribution in [3.63, 3.8) is 0 Å². The zero-order valence-electron chi connectivity index (χ0n) is 13.6. The summed E-state index contributed by atoms with van der Waals surface area (Å²) in [5, 5.41) is 2.71. The molecule has 0 fully saturated rings. The van der Waals surface area contributed by atoms with E-state index in [9.17, 15) is 22.8 Å². The lowest BCUT2D eigenvalue weighted by Gasteiger charge is -2.15. The van der Waals surface area contributed by atoms with Gasteiger partial charge in [-0.2, -0.15) is 13.2 Å². The van der Waals surface area contributed by atoms with Crippen molar-refractivity contribution in [2.24, 2.45) is 5.92 Å². The van der Waals surface area contributed by atoms with Gasteiger partial charge in [0.15, 0.2) is 0 Å². The van der Waals surface area contributed by atoms with Crippen molar-refractivity contribution in [2.75, 3.05) is 0 Å². The van der Waals surface area contributed by atoms with Gasteiger partial charge in [-0.05, 0) is 31.4 Å². The van der Waals surface area contributed by atoms with Crippen molar-refractivity contribution >= 4 is 5.91 Å². The number of hydrogen-bond acceptors (Lipinski definition) is 2. The van der Waals surface area contributed by atoms with Gasteiger partial charge in [-0.15, -0.1) is 0 Å². The average Bonchev–Trinajstić information content (AvgIpc) is 2.39. The Labute approximate surface area is 133 Å². The SMILES string of the molecule is CC(C)CCC[C@@H](C)NC(=O)Cn1cccc(C(F)(F)F)c1=O. The molecule has 0 unspecified atom stereocenters. The van der Waals surface area contributed by atoms with Crippen LogP contribution in [-0.4, -0.2) is 16.5 Å². The fraction of sp³-hybridized carbons (Fsp3) is 0.625. The van der Waals surface area contributed by atoms with Crippen molar-refractivity contribution in [3.8, 4) is 0 Å². The molecule has 0 aliphatic carbocycles. The number of carbonyl (C=O) groups is 1. The second kappa shape index (κ2) is 8.17. The van der Waals surface area contributed by atoms with Crippen LogP contribution in [0, 0.1) is 5.92 Å². The van der Waals surface area contributed by atoms with Crippen molar-refractivity contribution in [3.05, 3.63) is 34.2 Å². The third-order valence-corrected chi connectivity index (χ3v) is 3.47. The topological polar surface area (TPSA) is 51.1 Å². The number of rotatable bonds is 7. The second-order valence-electron chi connectivity index (χ2n) is 6.15. The van der Waals surface area contributed by atoms with E-state index in [2.05, 4.69) is 19.2 Å². The van der Waals surface area contributed by atoms with Gasteiger partial charge in [0, 0.05) is 12.2 Å². The highest BCUT2D eigenvalue weighted by Gasteiger charge is 2.34. The maximum absolute atomic E-state index is 12.7. The van der Waals surface area contributed by atoms with E-state index in [4.69, 9.17) is 0 Å². The minimum atomic E-state index is -4.72. The van der Waals surface area contributed by atoms with Gasteiger partial charge in [0.25, 0.3) is 5.56 Å². The molecule has 1 heterocycles. The van der Waals surface area contributed by atoms with Crippen LogP contribution in [0.4, 0.5) is 13.2 Å². The van der Waals surface area contributed by atoms with Gasteiger partial charge in [-0.25, -0.2) is 0 Å². The van der Waals surface area contributed by atoms with Gasteiger partial charge < -0.3 is 9.88 Å². The van der Waals surface area contributed by atoms with Crippen LogP contribution in [0.1, 0.15) is 45.6 Å². The first-order chi connectivity index (χ1) is 10.6. The zero-order valence-corrected chi connectivity index (χ0v) is 13.6. The molecule has 23 heavy (non-hydrogen) atoms. The van der Waals surface area contributed by atoms with Crippen LogP contribution in [0.5, 0.6) is 0 Å². The molecule has 130 valence electrons. The fourth-order valence-corrected chi connectivity index (χ4v) is 2.26. The molecule has 0 aliphatic heterocycles.